The fraction of sp³-hybridized carbons (Fsp3) is 0.231. The summed E-state index contributed by atoms with van der Waals surface area (Å²) in [5, 5.41) is 5.09. The molecule has 1 heterocycles. The number of hydrogen-bond donors (Lipinski definition) is 1. The average Bonchev–Trinajstić information content (AvgIpc) is 2.93. The lowest BCUT2D eigenvalue weighted by atomic mass is 10.2. The van der Waals surface area contributed by atoms with Gasteiger partial charge in [0.25, 0.3) is 0 Å². The molecule has 0 amide bonds. The minimum Gasteiger partial charge on any atom is -0.497 e. The standard InChI is InChI=1S/C13H15NO4S3/c1-17-10-5-9(6-11(7-10)18-2)8-19-12-3-4-13(20-12)21(14,15)16/h3-7H,8H2,1-2H3,(H2,14,15,16). The van der Waals surface area contributed by atoms with E-state index < -0.39 is 10.0 Å². The quantitative estimate of drug-likeness (QED) is 0.815. The summed E-state index contributed by atoms with van der Waals surface area (Å²) < 4.78 is 34.0. The van der Waals surface area contributed by atoms with E-state index in [9.17, 15) is 8.42 Å². The van der Waals surface area contributed by atoms with E-state index in [4.69, 9.17) is 14.6 Å². The Morgan fingerprint density at radius 1 is 1.14 bits per heavy atom. The predicted octanol–water partition coefficient (Wildman–Crippen LogP) is 2.71. The SMILES string of the molecule is COc1cc(CSc2ccc(S(N)(=O)=O)s2)cc(OC)c1. The van der Waals surface area contributed by atoms with E-state index in [2.05, 4.69) is 0 Å². The van der Waals surface area contributed by atoms with Crippen LogP contribution in [0, 0.1) is 0 Å². The summed E-state index contributed by atoms with van der Waals surface area (Å²) in [5.74, 6) is 2.13. The lowest BCUT2D eigenvalue weighted by Gasteiger charge is -2.07. The average molecular weight is 345 g/mol. The van der Waals surface area contributed by atoms with Gasteiger partial charge in [0, 0.05) is 11.8 Å². The smallest absolute Gasteiger partial charge is 0.247 e. The van der Waals surface area contributed by atoms with Crippen LogP contribution in [-0.4, -0.2) is 22.6 Å². The van der Waals surface area contributed by atoms with Crippen LogP contribution in [0.1, 0.15) is 5.56 Å². The van der Waals surface area contributed by atoms with Crippen LogP contribution in [0.2, 0.25) is 0 Å². The van der Waals surface area contributed by atoms with Crippen molar-refractivity contribution in [3.8, 4) is 11.5 Å². The first-order valence-electron chi connectivity index (χ1n) is 5.90. The zero-order chi connectivity index (χ0) is 15.5. The molecule has 1 aromatic heterocycles. The van der Waals surface area contributed by atoms with Gasteiger partial charge in [-0.1, -0.05) is 0 Å². The summed E-state index contributed by atoms with van der Waals surface area (Å²) in [6, 6.07) is 8.92. The van der Waals surface area contributed by atoms with Crippen molar-refractivity contribution in [1.29, 1.82) is 0 Å². The largest absolute Gasteiger partial charge is 0.497 e. The molecule has 2 N–H and O–H groups in total. The molecule has 2 aromatic rings. The molecule has 0 bridgehead atoms. The van der Waals surface area contributed by atoms with Crippen LogP contribution in [0.3, 0.4) is 0 Å². The minimum absolute atomic E-state index is 0.174. The fourth-order valence-corrected chi connectivity index (χ4v) is 4.58. The number of thioether (sulfide) groups is 1. The Labute approximate surface area is 132 Å². The third kappa shape index (κ3) is 4.37. The highest BCUT2D eigenvalue weighted by Gasteiger charge is 2.11. The van der Waals surface area contributed by atoms with Crippen LogP contribution in [-0.2, 0) is 15.8 Å². The molecular formula is C13H15NO4S3. The highest BCUT2D eigenvalue weighted by atomic mass is 32.3. The molecule has 0 spiro atoms. The number of primary sulfonamides is 1. The molecule has 0 saturated heterocycles. The van der Waals surface area contributed by atoms with Gasteiger partial charge in [-0.15, -0.1) is 23.1 Å². The molecule has 0 radical (unpaired) electrons. The number of nitrogens with two attached hydrogens (primary N) is 1. The number of benzene rings is 1. The molecule has 0 saturated carbocycles. The van der Waals surface area contributed by atoms with Crippen LogP contribution in [0.25, 0.3) is 0 Å². The molecule has 0 aliphatic carbocycles. The summed E-state index contributed by atoms with van der Waals surface area (Å²) in [6.07, 6.45) is 0. The molecule has 0 fully saturated rings. The van der Waals surface area contributed by atoms with Gasteiger partial charge in [-0.25, -0.2) is 13.6 Å². The van der Waals surface area contributed by atoms with Crippen molar-refractivity contribution in [3.63, 3.8) is 0 Å². The Hall–Kier alpha value is -1.22. The Kier molecular flexibility index (Phi) is 5.15. The zero-order valence-corrected chi connectivity index (χ0v) is 14.0. The third-order valence-corrected chi connectivity index (χ3v) is 6.45. The van der Waals surface area contributed by atoms with Crippen molar-refractivity contribution in [2.75, 3.05) is 14.2 Å². The fourth-order valence-electron chi connectivity index (χ4n) is 1.64. The van der Waals surface area contributed by atoms with Gasteiger partial charge < -0.3 is 9.47 Å². The second-order valence-corrected chi connectivity index (χ2v) is 8.28. The minimum atomic E-state index is -3.62. The maximum absolute atomic E-state index is 11.2. The molecule has 1 aromatic carbocycles. The van der Waals surface area contributed by atoms with E-state index in [1.165, 1.54) is 29.2 Å². The summed E-state index contributed by atoms with van der Waals surface area (Å²) in [5.41, 5.74) is 1.03. The molecule has 2 rings (SSSR count). The number of ether oxygens (including phenoxy) is 2. The van der Waals surface area contributed by atoms with E-state index in [1.807, 2.05) is 12.1 Å². The Morgan fingerprint density at radius 3 is 2.24 bits per heavy atom. The van der Waals surface area contributed by atoms with E-state index in [-0.39, 0.29) is 4.21 Å². The Bertz CT molecular complexity index is 703. The first-order valence-corrected chi connectivity index (χ1v) is 9.24. The molecule has 0 aliphatic heterocycles. The number of thiophene rings is 1. The summed E-state index contributed by atoms with van der Waals surface area (Å²) in [7, 11) is -0.420. The topological polar surface area (TPSA) is 78.6 Å². The van der Waals surface area contributed by atoms with Crippen molar-refractivity contribution < 1.29 is 17.9 Å². The van der Waals surface area contributed by atoms with Crippen molar-refractivity contribution in [2.45, 2.75) is 14.2 Å². The van der Waals surface area contributed by atoms with E-state index in [1.54, 1.807) is 26.4 Å². The second-order valence-electron chi connectivity index (χ2n) is 4.13. The number of methoxy groups -OCH3 is 2. The first kappa shape index (κ1) is 16.2. The molecule has 0 aliphatic rings. The third-order valence-electron chi connectivity index (χ3n) is 2.63. The molecular weight excluding hydrogens is 330 g/mol. The van der Waals surface area contributed by atoms with Gasteiger partial charge >= 0.3 is 0 Å². The second kappa shape index (κ2) is 6.69. The number of rotatable bonds is 6. The molecule has 8 heteroatoms. The molecule has 5 nitrogen and oxygen atoms in total. The number of sulfonamides is 1. The maximum atomic E-state index is 11.2. The Balaban J connectivity index is 2.11. The summed E-state index contributed by atoms with van der Waals surface area (Å²) in [4.78, 5) is 0. The van der Waals surface area contributed by atoms with Gasteiger partial charge in [0.15, 0.2) is 0 Å². The van der Waals surface area contributed by atoms with Crippen LogP contribution in [0.4, 0.5) is 0 Å². The van der Waals surface area contributed by atoms with E-state index >= 15 is 0 Å². The number of hydrogen-bond acceptors (Lipinski definition) is 6. The van der Waals surface area contributed by atoms with Gasteiger partial charge in [0.1, 0.15) is 15.7 Å². The molecule has 114 valence electrons. The van der Waals surface area contributed by atoms with E-state index in [0.717, 1.165) is 21.3 Å². The molecule has 0 atom stereocenters. The lowest BCUT2D eigenvalue weighted by Crippen LogP contribution is -2.09. The maximum Gasteiger partial charge on any atom is 0.247 e. The van der Waals surface area contributed by atoms with Crippen molar-refractivity contribution in [2.24, 2.45) is 5.14 Å². The Morgan fingerprint density at radius 2 is 1.76 bits per heavy atom. The van der Waals surface area contributed by atoms with Crippen LogP contribution < -0.4 is 14.6 Å². The normalized spacial score (nSPS) is 11.4. The summed E-state index contributed by atoms with van der Waals surface area (Å²) >= 11 is 2.70. The zero-order valence-electron chi connectivity index (χ0n) is 11.5. The van der Waals surface area contributed by atoms with Gasteiger partial charge in [0.05, 0.1) is 18.4 Å². The van der Waals surface area contributed by atoms with Crippen LogP contribution >= 0.6 is 23.1 Å². The predicted molar refractivity (Wildman–Crippen MR) is 84.8 cm³/mol. The molecule has 0 unspecified atom stereocenters. The van der Waals surface area contributed by atoms with E-state index in [0.29, 0.717) is 5.75 Å². The van der Waals surface area contributed by atoms with Gasteiger partial charge in [-0.2, -0.15) is 0 Å². The molecule has 21 heavy (non-hydrogen) atoms. The summed E-state index contributed by atoms with van der Waals surface area (Å²) in [6.45, 7) is 0. The van der Waals surface area contributed by atoms with Gasteiger partial charge in [-0.05, 0) is 29.8 Å². The van der Waals surface area contributed by atoms with Crippen LogP contribution in [0.5, 0.6) is 11.5 Å². The van der Waals surface area contributed by atoms with Gasteiger partial charge in [-0.3, -0.25) is 0 Å². The van der Waals surface area contributed by atoms with Gasteiger partial charge in [0.2, 0.25) is 10.0 Å². The van der Waals surface area contributed by atoms with Crippen molar-refractivity contribution in [1.82, 2.24) is 0 Å². The van der Waals surface area contributed by atoms with Crippen molar-refractivity contribution in [3.05, 3.63) is 35.9 Å². The van der Waals surface area contributed by atoms with Crippen LogP contribution in [0.15, 0.2) is 38.8 Å². The lowest BCUT2D eigenvalue weighted by molar-refractivity contribution is 0.393. The highest BCUT2D eigenvalue weighted by Crippen LogP contribution is 2.33. The first-order chi connectivity index (χ1) is 9.92. The van der Waals surface area contributed by atoms with Crippen molar-refractivity contribution >= 4 is 33.1 Å². The highest BCUT2D eigenvalue weighted by molar-refractivity contribution is 8.00. The monoisotopic (exact) mass is 345 g/mol.